The number of nitrogens with zero attached hydrogens (tertiary/aromatic N) is 3. The zero-order chi connectivity index (χ0) is 16.8. The van der Waals surface area contributed by atoms with Crippen molar-refractivity contribution in [2.45, 2.75) is 44.1 Å². The molecule has 128 valence electrons. The molecule has 0 spiro atoms. The van der Waals surface area contributed by atoms with Gasteiger partial charge >= 0.3 is 0 Å². The molecule has 1 unspecified atom stereocenters. The first kappa shape index (κ1) is 15.1. The Labute approximate surface area is 149 Å². The number of para-hydroxylation sites is 1. The monoisotopic (exact) mass is 353 g/mol. The van der Waals surface area contributed by atoms with E-state index in [1.165, 1.54) is 4.70 Å². The van der Waals surface area contributed by atoms with Crippen LogP contribution in [0.5, 0.6) is 0 Å². The molecule has 1 atom stereocenters. The van der Waals surface area contributed by atoms with Crippen LogP contribution in [0, 0.1) is 0 Å². The summed E-state index contributed by atoms with van der Waals surface area (Å²) in [6.07, 6.45) is 5.39. The maximum atomic E-state index is 13.0. The van der Waals surface area contributed by atoms with E-state index in [1.807, 2.05) is 29.2 Å². The molecule has 1 amide bonds. The maximum Gasteiger partial charge on any atom is 0.276 e. The van der Waals surface area contributed by atoms with Crippen molar-refractivity contribution in [2.75, 3.05) is 6.54 Å². The third kappa shape index (κ3) is 2.74. The Kier molecular flexibility index (Phi) is 3.59. The van der Waals surface area contributed by atoms with Gasteiger partial charge in [0.15, 0.2) is 5.69 Å². The van der Waals surface area contributed by atoms with Crippen LogP contribution in [0.15, 0.2) is 34.9 Å². The Morgan fingerprint density at radius 1 is 1.20 bits per heavy atom. The van der Waals surface area contributed by atoms with E-state index in [-0.39, 0.29) is 11.9 Å². The fraction of sp³-hybridized carbons (Fsp3) is 0.421. The van der Waals surface area contributed by atoms with Gasteiger partial charge in [-0.3, -0.25) is 4.79 Å². The lowest BCUT2D eigenvalue weighted by molar-refractivity contribution is 0.0600. The second kappa shape index (κ2) is 5.95. The van der Waals surface area contributed by atoms with E-state index in [2.05, 4.69) is 11.2 Å². The highest BCUT2D eigenvalue weighted by Gasteiger charge is 2.34. The minimum atomic E-state index is -0.0281. The van der Waals surface area contributed by atoms with Gasteiger partial charge in [-0.05, 0) is 44.2 Å². The van der Waals surface area contributed by atoms with Gasteiger partial charge in [-0.1, -0.05) is 17.3 Å². The van der Waals surface area contributed by atoms with Crippen molar-refractivity contribution in [1.29, 1.82) is 0 Å². The molecular formula is C19H19N3O2S. The van der Waals surface area contributed by atoms with Crippen LogP contribution < -0.4 is 0 Å². The predicted molar refractivity (Wildman–Crippen MR) is 95.7 cm³/mol. The highest BCUT2D eigenvalue weighted by Crippen LogP contribution is 2.41. The smallest absolute Gasteiger partial charge is 0.276 e. The van der Waals surface area contributed by atoms with Gasteiger partial charge in [0.2, 0.25) is 0 Å². The van der Waals surface area contributed by atoms with Crippen LogP contribution >= 0.6 is 11.3 Å². The van der Waals surface area contributed by atoms with Crippen LogP contribution in [0.25, 0.3) is 10.2 Å². The van der Waals surface area contributed by atoms with Crippen molar-refractivity contribution in [3.8, 4) is 0 Å². The summed E-state index contributed by atoms with van der Waals surface area (Å²) in [6, 6.07) is 10.0. The summed E-state index contributed by atoms with van der Waals surface area (Å²) < 4.78 is 6.55. The molecule has 5 rings (SSSR count). The number of hydrogen-bond acceptors (Lipinski definition) is 5. The van der Waals surface area contributed by atoms with E-state index in [1.54, 1.807) is 11.3 Å². The summed E-state index contributed by atoms with van der Waals surface area (Å²) in [5.41, 5.74) is 1.45. The average molecular weight is 353 g/mol. The molecule has 1 aliphatic heterocycles. The summed E-state index contributed by atoms with van der Waals surface area (Å²) in [4.78, 5) is 19.8. The number of hydrogen-bond donors (Lipinski definition) is 0. The Bertz CT molecular complexity index is 895. The van der Waals surface area contributed by atoms with E-state index in [9.17, 15) is 4.79 Å². The van der Waals surface area contributed by atoms with Crippen LogP contribution in [-0.2, 0) is 0 Å². The molecule has 1 aromatic carbocycles. The first-order valence-electron chi connectivity index (χ1n) is 8.92. The van der Waals surface area contributed by atoms with E-state index >= 15 is 0 Å². The minimum Gasteiger partial charge on any atom is -0.360 e. The van der Waals surface area contributed by atoms with Gasteiger partial charge in [-0.25, -0.2) is 4.98 Å². The summed E-state index contributed by atoms with van der Waals surface area (Å²) in [5.74, 6) is 1.30. The van der Waals surface area contributed by atoms with Gasteiger partial charge < -0.3 is 9.42 Å². The van der Waals surface area contributed by atoms with Gasteiger partial charge in [-0.15, -0.1) is 11.3 Å². The van der Waals surface area contributed by atoms with Crippen molar-refractivity contribution in [1.82, 2.24) is 15.0 Å². The van der Waals surface area contributed by atoms with Crippen LogP contribution in [0.3, 0.4) is 0 Å². The number of rotatable bonds is 3. The Morgan fingerprint density at radius 2 is 2.08 bits per heavy atom. The van der Waals surface area contributed by atoms with Crippen molar-refractivity contribution < 1.29 is 9.32 Å². The number of thiazole rings is 1. The molecule has 0 radical (unpaired) electrons. The number of carbonyl (C=O) groups is 1. The molecular weight excluding hydrogens is 334 g/mol. The molecule has 2 aromatic heterocycles. The highest BCUT2D eigenvalue weighted by atomic mass is 32.1. The molecule has 1 aliphatic carbocycles. The maximum absolute atomic E-state index is 13.0. The van der Waals surface area contributed by atoms with Gasteiger partial charge in [0.25, 0.3) is 5.91 Å². The van der Waals surface area contributed by atoms with Gasteiger partial charge in [0, 0.05) is 18.5 Å². The molecule has 3 heterocycles. The quantitative estimate of drug-likeness (QED) is 0.694. The van der Waals surface area contributed by atoms with Crippen LogP contribution in [-0.4, -0.2) is 27.5 Å². The number of aromatic nitrogens is 2. The van der Waals surface area contributed by atoms with Crippen LogP contribution in [0.4, 0.5) is 0 Å². The van der Waals surface area contributed by atoms with Crippen molar-refractivity contribution >= 4 is 27.5 Å². The summed E-state index contributed by atoms with van der Waals surface area (Å²) in [7, 11) is 0. The van der Waals surface area contributed by atoms with Crippen molar-refractivity contribution in [3.05, 3.63) is 46.8 Å². The fourth-order valence-electron chi connectivity index (χ4n) is 3.56. The first-order valence-corrected chi connectivity index (χ1v) is 9.74. The second-order valence-electron chi connectivity index (χ2n) is 6.92. The van der Waals surface area contributed by atoms with Crippen molar-refractivity contribution in [3.63, 3.8) is 0 Å². The van der Waals surface area contributed by atoms with E-state index in [0.29, 0.717) is 11.6 Å². The highest BCUT2D eigenvalue weighted by molar-refractivity contribution is 7.18. The van der Waals surface area contributed by atoms with Gasteiger partial charge in [0.1, 0.15) is 10.8 Å². The average Bonchev–Trinajstić information content (AvgIpc) is 3.22. The molecule has 2 fully saturated rings. The molecule has 6 heteroatoms. The summed E-state index contributed by atoms with van der Waals surface area (Å²) in [6.45, 7) is 0.755. The zero-order valence-corrected chi connectivity index (χ0v) is 14.7. The lowest BCUT2D eigenvalue weighted by Gasteiger charge is -2.33. The van der Waals surface area contributed by atoms with E-state index in [4.69, 9.17) is 9.51 Å². The normalized spacial score (nSPS) is 21.0. The molecule has 0 bridgehead atoms. The van der Waals surface area contributed by atoms with Gasteiger partial charge in [-0.2, -0.15) is 0 Å². The number of benzene rings is 1. The fourth-order valence-corrected chi connectivity index (χ4v) is 4.68. The summed E-state index contributed by atoms with van der Waals surface area (Å²) in [5, 5.41) is 5.07. The predicted octanol–water partition coefficient (Wildman–Crippen LogP) is 4.53. The number of likely N-dealkylation sites (tertiary alicyclic amines) is 1. The Balaban J connectivity index is 1.45. The van der Waals surface area contributed by atoms with Crippen molar-refractivity contribution in [2.24, 2.45) is 0 Å². The standard InChI is InChI=1S/C19H19N3O2S/c23-19(14-11-16(24-21-14)12-8-9-12)22-10-4-3-6-15(22)18-20-13-5-1-2-7-17(13)25-18/h1-2,5,7,11-12,15H,3-4,6,8-10H2. The third-order valence-electron chi connectivity index (χ3n) is 5.09. The van der Waals surface area contributed by atoms with E-state index in [0.717, 1.165) is 54.9 Å². The largest absolute Gasteiger partial charge is 0.360 e. The van der Waals surface area contributed by atoms with Crippen LogP contribution in [0.1, 0.15) is 65.3 Å². The number of amides is 1. The van der Waals surface area contributed by atoms with Crippen LogP contribution in [0.2, 0.25) is 0 Å². The second-order valence-corrected chi connectivity index (χ2v) is 7.98. The number of fused-ring (bicyclic) bond motifs is 1. The molecule has 3 aromatic rings. The number of piperidine rings is 1. The van der Waals surface area contributed by atoms with E-state index < -0.39 is 0 Å². The molecule has 0 N–H and O–H groups in total. The SMILES string of the molecule is O=C(c1cc(C2CC2)on1)N1CCCCC1c1nc2ccccc2s1. The number of carbonyl (C=O) groups excluding carboxylic acids is 1. The molecule has 1 saturated heterocycles. The minimum absolute atomic E-state index is 0.0281. The topological polar surface area (TPSA) is 59.2 Å². The lowest BCUT2D eigenvalue weighted by Crippen LogP contribution is -2.38. The first-order chi connectivity index (χ1) is 12.3. The Hall–Kier alpha value is -2.21. The third-order valence-corrected chi connectivity index (χ3v) is 6.22. The lowest BCUT2D eigenvalue weighted by atomic mass is 10.0. The molecule has 2 aliphatic rings. The molecule has 25 heavy (non-hydrogen) atoms. The summed E-state index contributed by atoms with van der Waals surface area (Å²) >= 11 is 1.69. The van der Waals surface area contributed by atoms with Gasteiger partial charge in [0.05, 0.1) is 16.3 Å². The molecule has 1 saturated carbocycles. The Morgan fingerprint density at radius 3 is 2.92 bits per heavy atom. The molecule has 5 nitrogen and oxygen atoms in total. The zero-order valence-electron chi connectivity index (χ0n) is 13.9.